The van der Waals surface area contributed by atoms with E-state index in [2.05, 4.69) is 11.9 Å². The number of hydrogen-bond acceptors (Lipinski definition) is 6. The smallest absolute Gasteiger partial charge is 0.397 e. The molecule has 0 spiro atoms. The van der Waals surface area contributed by atoms with Gasteiger partial charge in [0.25, 0.3) is 0 Å². The van der Waals surface area contributed by atoms with E-state index in [4.69, 9.17) is 13.9 Å². The molecule has 2 aromatic heterocycles. The molecule has 0 bridgehead atoms. The first kappa shape index (κ1) is 24.5. The van der Waals surface area contributed by atoms with Gasteiger partial charge in [0.1, 0.15) is 4.83 Å². The van der Waals surface area contributed by atoms with Crippen LogP contribution in [0.5, 0.6) is 6.08 Å². The van der Waals surface area contributed by atoms with Crippen molar-refractivity contribution in [3.05, 3.63) is 57.3 Å². The molecule has 3 rings (SSSR count). The minimum atomic E-state index is -0.372. The molecule has 0 aliphatic carbocycles. The van der Waals surface area contributed by atoms with E-state index in [0.29, 0.717) is 36.5 Å². The number of aromatic nitrogens is 1. The summed E-state index contributed by atoms with van der Waals surface area (Å²) in [7, 11) is 0. The Kier molecular flexibility index (Phi) is 10.8. The van der Waals surface area contributed by atoms with Gasteiger partial charge < -0.3 is 13.9 Å². The van der Waals surface area contributed by atoms with Crippen LogP contribution in [0.2, 0.25) is 0 Å². The van der Waals surface area contributed by atoms with Gasteiger partial charge in [-0.3, -0.25) is 0 Å². The number of benzene rings is 1. The zero-order chi connectivity index (χ0) is 22.4. The molecule has 0 amide bonds. The monoisotopic (exact) mass is 457 g/mol. The zero-order valence-corrected chi connectivity index (χ0v) is 20.0. The molecule has 5 nitrogen and oxygen atoms in total. The summed E-state index contributed by atoms with van der Waals surface area (Å²) in [6.07, 6.45) is 12.1. The van der Waals surface area contributed by atoms with Gasteiger partial charge in [0, 0.05) is 11.3 Å². The van der Waals surface area contributed by atoms with Crippen molar-refractivity contribution in [1.29, 1.82) is 0 Å². The number of rotatable bonds is 16. The van der Waals surface area contributed by atoms with E-state index in [1.807, 2.05) is 36.4 Å². The molecular formula is C26H35NO4S. The van der Waals surface area contributed by atoms with Crippen LogP contribution in [-0.4, -0.2) is 18.2 Å². The molecule has 0 radical (unpaired) electrons. The second-order valence-electron chi connectivity index (χ2n) is 8.16. The number of ether oxygens (including phenoxy) is 2. The van der Waals surface area contributed by atoms with E-state index in [9.17, 15) is 4.79 Å². The maximum absolute atomic E-state index is 12.3. The van der Waals surface area contributed by atoms with Crippen molar-refractivity contribution in [2.45, 2.75) is 77.7 Å². The highest BCUT2D eigenvalue weighted by Gasteiger charge is 2.11. The number of thiophene rings is 1. The second-order valence-corrected chi connectivity index (χ2v) is 9.28. The van der Waals surface area contributed by atoms with Crippen molar-refractivity contribution in [2.24, 2.45) is 0 Å². The molecule has 32 heavy (non-hydrogen) atoms. The lowest BCUT2D eigenvalue weighted by Gasteiger charge is -2.05. The molecular weight excluding hydrogens is 422 g/mol. The van der Waals surface area contributed by atoms with E-state index < -0.39 is 0 Å². The van der Waals surface area contributed by atoms with Gasteiger partial charge in [-0.05, 0) is 24.5 Å². The first-order valence-electron chi connectivity index (χ1n) is 11.9. The normalized spacial score (nSPS) is 11.3. The summed E-state index contributed by atoms with van der Waals surface area (Å²) in [5.74, 6) is 0. The molecule has 0 saturated carbocycles. The molecule has 0 saturated heterocycles. The van der Waals surface area contributed by atoms with Crippen LogP contribution in [0.1, 0.15) is 75.2 Å². The van der Waals surface area contributed by atoms with Crippen molar-refractivity contribution in [1.82, 2.24) is 4.98 Å². The van der Waals surface area contributed by atoms with Crippen LogP contribution in [0.4, 0.5) is 0 Å². The first-order valence-corrected chi connectivity index (χ1v) is 12.8. The Bertz CT molecular complexity index is 967. The van der Waals surface area contributed by atoms with E-state index >= 15 is 0 Å². The molecule has 1 aromatic carbocycles. The number of aryl methyl sites for hydroxylation is 1. The highest BCUT2D eigenvalue weighted by molar-refractivity contribution is 7.18. The van der Waals surface area contributed by atoms with Crippen LogP contribution in [0.3, 0.4) is 0 Å². The zero-order valence-electron chi connectivity index (χ0n) is 19.1. The van der Waals surface area contributed by atoms with Gasteiger partial charge in [-0.25, -0.2) is 4.79 Å². The Hall–Kier alpha value is -2.18. The van der Waals surface area contributed by atoms with Gasteiger partial charge in [0.2, 0.25) is 0 Å². The van der Waals surface area contributed by atoms with Gasteiger partial charge in [-0.2, -0.15) is 4.98 Å². The van der Waals surface area contributed by atoms with E-state index in [-0.39, 0.29) is 11.7 Å². The molecule has 0 N–H and O–H groups in total. The van der Waals surface area contributed by atoms with Crippen LogP contribution in [0, 0.1) is 0 Å². The minimum absolute atomic E-state index is 0.0473. The lowest BCUT2D eigenvalue weighted by atomic mass is 10.1. The molecule has 2 heterocycles. The summed E-state index contributed by atoms with van der Waals surface area (Å²) < 4.78 is 16.4. The Balaban J connectivity index is 1.36. The quantitative estimate of drug-likeness (QED) is 0.219. The van der Waals surface area contributed by atoms with Gasteiger partial charge in [-0.15, -0.1) is 11.3 Å². The lowest BCUT2D eigenvalue weighted by Crippen LogP contribution is -2.07. The highest BCUT2D eigenvalue weighted by atomic mass is 32.1. The SMILES string of the molecule is CCCCCCCCCCc1cc2c(=O)oc(OCCCOCc3ccccc3)nc2s1. The maximum Gasteiger partial charge on any atom is 0.397 e. The van der Waals surface area contributed by atoms with Crippen molar-refractivity contribution in [3.63, 3.8) is 0 Å². The molecule has 0 aliphatic heterocycles. The number of unbranched alkanes of at least 4 members (excludes halogenated alkanes) is 7. The fraction of sp³-hybridized carbons (Fsp3) is 0.538. The predicted molar refractivity (Wildman–Crippen MR) is 131 cm³/mol. The van der Waals surface area contributed by atoms with E-state index in [1.165, 1.54) is 49.8 Å². The third kappa shape index (κ3) is 8.40. The van der Waals surface area contributed by atoms with Crippen LogP contribution < -0.4 is 10.4 Å². The summed E-state index contributed by atoms with van der Waals surface area (Å²) in [6.45, 7) is 3.80. The maximum atomic E-state index is 12.3. The first-order chi connectivity index (χ1) is 15.8. The Morgan fingerprint density at radius 3 is 2.47 bits per heavy atom. The third-order valence-electron chi connectivity index (χ3n) is 5.40. The molecule has 0 atom stereocenters. The van der Waals surface area contributed by atoms with Crippen LogP contribution in [-0.2, 0) is 17.8 Å². The Labute approximate surface area is 194 Å². The van der Waals surface area contributed by atoms with E-state index in [1.54, 1.807) is 11.3 Å². The number of fused-ring (bicyclic) bond motifs is 1. The Morgan fingerprint density at radius 1 is 0.938 bits per heavy atom. The van der Waals surface area contributed by atoms with Gasteiger partial charge in [-0.1, -0.05) is 82.2 Å². The van der Waals surface area contributed by atoms with Crippen molar-refractivity contribution in [3.8, 4) is 6.08 Å². The standard InChI is InChI=1S/C26H35NO4S/c1-2-3-4-5-6-7-8-12-16-22-19-23-24(32-22)27-26(31-25(23)28)30-18-13-17-29-20-21-14-10-9-11-15-21/h9-11,14-15,19H,2-8,12-13,16-18,20H2,1H3. The average molecular weight is 458 g/mol. The molecule has 0 unspecified atom stereocenters. The fourth-order valence-electron chi connectivity index (χ4n) is 3.60. The van der Waals surface area contributed by atoms with Gasteiger partial charge in [0.15, 0.2) is 0 Å². The van der Waals surface area contributed by atoms with Crippen molar-refractivity contribution >= 4 is 21.6 Å². The molecule has 3 aromatic rings. The van der Waals surface area contributed by atoms with Crippen LogP contribution >= 0.6 is 11.3 Å². The third-order valence-corrected chi connectivity index (χ3v) is 6.49. The van der Waals surface area contributed by atoms with Crippen LogP contribution in [0.25, 0.3) is 10.2 Å². The minimum Gasteiger partial charge on any atom is -0.450 e. The molecule has 6 heteroatoms. The predicted octanol–water partition coefficient (Wildman–Crippen LogP) is 6.92. The molecule has 0 aliphatic rings. The van der Waals surface area contributed by atoms with Crippen LogP contribution in [0.15, 0.2) is 45.6 Å². The van der Waals surface area contributed by atoms with E-state index in [0.717, 1.165) is 18.4 Å². The number of hydrogen-bond donors (Lipinski definition) is 0. The summed E-state index contributed by atoms with van der Waals surface area (Å²) >= 11 is 1.57. The summed E-state index contributed by atoms with van der Waals surface area (Å²) in [6, 6.07) is 12.0. The number of nitrogens with zero attached hydrogens (tertiary/aromatic N) is 1. The van der Waals surface area contributed by atoms with Crippen molar-refractivity contribution in [2.75, 3.05) is 13.2 Å². The summed E-state index contributed by atoms with van der Waals surface area (Å²) in [5, 5.41) is 0.558. The lowest BCUT2D eigenvalue weighted by molar-refractivity contribution is 0.101. The topological polar surface area (TPSA) is 61.6 Å². The summed E-state index contributed by atoms with van der Waals surface area (Å²) in [5.41, 5.74) is 0.774. The molecule has 174 valence electrons. The average Bonchev–Trinajstić information content (AvgIpc) is 3.22. The summed E-state index contributed by atoms with van der Waals surface area (Å²) in [4.78, 5) is 18.6. The Morgan fingerprint density at radius 2 is 1.69 bits per heavy atom. The van der Waals surface area contributed by atoms with Crippen molar-refractivity contribution < 1.29 is 13.9 Å². The largest absolute Gasteiger partial charge is 0.450 e. The highest BCUT2D eigenvalue weighted by Crippen LogP contribution is 2.25. The second kappa shape index (κ2) is 14.1. The van der Waals surface area contributed by atoms with Gasteiger partial charge >= 0.3 is 11.7 Å². The van der Waals surface area contributed by atoms with Gasteiger partial charge in [0.05, 0.1) is 25.2 Å². The fourth-order valence-corrected chi connectivity index (χ4v) is 4.65. The molecule has 0 fully saturated rings.